The van der Waals surface area contributed by atoms with Gasteiger partial charge in [-0.15, -0.1) is 11.3 Å². The molecule has 0 spiro atoms. The largest absolute Gasteiger partial charge is 0.370 e. The number of primary amides is 1. The number of carbonyl (C=O) groups excluding carboxylic acids is 1. The summed E-state index contributed by atoms with van der Waals surface area (Å²) in [6.45, 7) is 3.44. The van der Waals surface area contributed by atoms with Crippen LogP contribution in [-0.4, -0.2) is 29.0 Å². The highest BCUT2D eigenvalue weighted by Gasteiger charge is 2.08. The van der Waals surface area contributed by atoms with E-state index in [-0.39, 0.29) is 5.91 Å². The van der Waals surface area contributed by atoms with E-state index in [1.807, 2.05) is 18.4 Å². The third-order valence-corrected chi connectivity index (χ3v) is 3.36. The SMILES string of the molecule is CCNc1nc(NCCCC(N)=O)c2ccsc2n1. The van der Waals surface area contributed by atoms with Crippen molar-refractivity contribution in [2.75, 3.05) is 23.7 Å². The first-order valence-electron chi connectivity index (χ1n) is 6.22. The fraction of sp³-hybridized carbons (Fsp3) is 0.417. The maximum Gasteiger partial charge on any atom is 0.226 e. The molecule has 0 radical (unpaired) electrons. The number of nitrogens with two attached hydrogens (primary N) is 1. The molecule has 2 aromatic heterocycles. The minimum atomic E-state index is -0.279. The molecule has 0 aliphatic carbocycles. The second kappa shape index (κ2) is 6.33. The second-order valence-electron chi connectivity index (χ2n) is 4.06. The first-order chi connectivity index (χ1) is 9.20. The van der Waals surface area contributed by atoms with Crippen LogP contribution >= 0.6 is 11.3 Å². The summed E-state index contributed by atoms with van der Waals surface area (Å²) in [4.78, 5) is 20.5. The lowest BCUT2D eigenvalue weighted by atomic mass is 10.3. The molecule has 0 saturated heterocycles. The van der Waals surface area contributed by atoms with Crippen LogP contribution in [0.5, 0.6) is 0 Å². The third kappa shape index (κ3) is 3.54. The molecule has 19 heavy (non-hydrogen) atoms. The molecule has 102 valence electrons. The molecular formula is C12H17N5OS. The highest BCUT2D eigenvalue weighted by molar-refractivity contribution is 7.16. The second-order valence-corrected chi connectivity index (χ2v) is 4.96. The van der Waals surface area contributed by atoms with Crippen molar-refractivity contribution in [3.05, 3.63) is 11.4 Å². The van der Waals surface area contributed by atoms with E-state index < -0.39 is 0 Å². The van der Waals surface area contributed by atoms with E-state index in [1.54, 1.807) is 11.3 Å². The van der Waals surface area contributed by atoms with Crippen LogP contribution in [0.4, 0.5) is 11.8 Å². The molecule has 0 fully saturated rings. The summed E-state index contributed by atoms with van der Waals surface area (Å²) in [5.41, 5.74) is 5.11. The number of nitrogens with zero attached hydrogens (tertiary/aromatic N) is 2. The third-order valence-electron chi connectivity index (χ3n) is 2.55. The van der Waals surface area contributed by atoms with Gasteiger partial charge in [0.15, 0.2) is 0 Å². The Kier molecular flexibility index (Phi) is 4.51. The van der Waals surface area contributed by atoms with Crippen LogP contribution in [0.1, 0.15) is 19.8 Å². The minimum Gasteiger partial charge on any atom is -0.370 e. The lowest BCUT2D eigenvalue weighted by Gasteiger charge is -2.08. The maximum atomic E-state index is 10.7. The Morgan fingerprint density at radius 3 is 3.00 bits per heavy atom. The van der Waals surface area contributed by atoms with Gasteiger partial charge >= 0.3 is 0 Å². The number of fused-ring (bicyclic) bond motifs is 1. The van der Waals surface area contributed by atoms with Gasteiger partial charge in [-0.2, -0.15) is 4.98 Å². The van der Waals surface area contributed by atoms with Crippen LogP contribution in [0.25, 0.3) is 10.2 Å². The molecule has 2 rings (SSSR count). The predicted molar refractivity (Wildman–Crippen MR) is 78.5 cm³/mol. The lowest BCUT2D eigenvalue weighted by Crippen LogP contribution is -2.13. The highest BCUT2D eigenvalue weighted by atomic mass is 32.1. The standard InChI is InChI=1S/C12H17N5OS/c1-2-14-12-16-10(15-6-3-4-9(13)18)8-5-7-19-11(8)17-12/h5,7H,2-4,6H2,1H3,(H2,13,18)(H2,14,15,16,17). The van der Waals surface area contributed by atoms with Gasteiger partial charge in [0, 0.05) is 19.5 Å². The monoisotopic (exact) mass is 279 g/mol. The molecule has 2 aromatic rings. The number of carbonyl (C=O) groups is 1. The quantitative estimate of drug-likeness (QED) is 0.672. The Balaban J connectivity index is 2.11. The Labute approximate surface area is 115 Å². The molecule has 0 unspecified atom stereocenters. The molecule has 0 atom stereocenters. The smallest absolute Gasteiger partial charge is 0.226 e. The summed E-state index contributed by atoms with van der Waals surface area (Å²) in [7, 11) is 0. The zero-order valence-electron chi connectivity index (χ0n) is 10.8. The van der Waals surface area contributed by atoms with Crippen molar-refractivity contribution >= 4 is 39.2 Å². The van der Waals surface area contributed by atoms with Gasteiger partial charge in [-0.3, -0.25) is 4.79 Å². The molecule has 6 nitrogen and oxygen atoms in total. The molecule has 0 saturated carbocycles. The maximum absolute atomic E-state index is 10.7. The number of nitrogens with one attached hydrogen (secondary N) is 2. The van der Waals surface area contributed by atoms with Gasteiger partial charge in [0.25, 0.3) is 0 Å². The zero-order valence-corrected chi connectivity index (χ0v) is 11.6. The van der Waals surface area contributed by atoms with E-state index in [0.29, 0.717) is 25.3 Å². The number of thiophene rings is 1. The molecule has 7 heteroatoms. The van der Waals surface area contributed by atoms with Crippen LogP contribution in [-0.2, 0) is 4.79 Å². The number of rotatable bonds is 7. The van der Waals surface area contributed by atoms with Crippen molar-refractivity contribution in [2.24, 2.45) is 5.73 Å². The van der Waals surface area contributed by atoms with Crippen LogP contribution in [0.2, 0.25) is 0 Å². The van der Waals surface area contributed by atoms with Crippen LogP contribution in [0, 0.1) is 0 Å². The Morgan fingerprint density at radius 2 is 2.26 bits per heavy atom. The van der Waals surface area contributed by atoms with Crippen molar-refractivity contribution in [2.45, 2.75) is 19.8 Å². The number of aromatic nitrogens is 2. The first-order valence-corrected chi connectivity index (χ1v) is 7.10. The van der Waals surface area contributed by atoms with Crippen molar-refractivity contribution in [3.63, 3.8) is 0 Å². The van der Waals surface area contributed by atoms with Gasteiger partial charge in [0.05, 0.1) is 5.39 Å². The molecular weight excluding hydrogens is 262 g/mol. The van der Waals surface area contributed by atoms with Crippen molar-refractivity contribution in [3.8, 4) is 0 Å². The van der Waals surface area contributed by atoms with Gasteiger partial charge in [-0.1, -0.05) is 0 Å². The van der Waals surface area contributed by atoms with Gasteiger partial charge < -0.3 is 16.4 Å². The van der Waals surface area contributed by atoms with Gasteiger partial charge in [-0.05, 0) is 24.8 Å². The summed E-state index contributed by atoms with van der Waals surface area (Å²) in [5.74, 6) is 1.14. The summed E-state index contributed by atoms with van der Waals surface area (Å²) < 4.78 is 0. The fourth-order valence-corrected chi connectivity index (χ4v) is 2.46. The molecule has 2 heterocycles. The summed E-state index contributed by atoms with van der Waals surface area (Å²) in [6, 6.07) is 1.99. The first kappa shape index (κ1) is 13.5. The molecule has 0 bridgehead atoms. The average molecular weight is 279 g/mol. The van der Waals surface area contributed by atoms with E-state index in [0.717, 1.165) is 22.6 Å². The van der Waals surface area contributed by atoms with Gasteiger partial charge in [0.2, 0.25) is 11.9 Å². The van der Waals surface area contributed by atoms with Crippen LogP contribution in [0.15, 0.2) is 11.4 Å². The van der Waals surface area contributed by atoms with Crippen molar-refractivity contribution in [1.29, 1.82) is 0 Å². The van der Waals surface area contributed by atoms with E-state index in [9.17, 15) is 4.79 Å². The molecule has 0 aliphatic heterocycles. The van der Waals surface area contributed by atoms with Crippen molar-refractivity contribution in [1.82, 2.24) is 9.97 Å². The van der Waals surface area contributed by atoms with E-state index in [4.69, 9.17) is 5.73 Å². The number of hydrogen-bond donors (Lipinski definition) is 3. The lowest BCUT2D eigenvalue weighted by molar-refractivity contribution is -0.118. The fourth-order valence-electron chi connectivity index (χ4n) is 1.70. The molecule has 0 aromatic carbocycles. The van der Waals surface area contributed by atoms with E-state index >= 15 is 0 Å². The average Bonchev–Trinajstić information content (AvgIpc) is 2.83. The number of hydrogen-bond acceptors (Lipinski definition) is 6. The van der Waals surface area contributed by atoms with Gasteiger partial charge in [0.1, 0.15) is 10.6 Å². The van der Waals surface area contributed by atoms with Crippen LogP contribution < -0.4 is 16.4 Å². The van der Waals surface area contributed by atoms with Crippen LogP contribution in [0.3, 0.4) is 0 Å². The van der Waals surface area contributed by atoms with Crippen molar-refractivity contribution < 1.29 is 4.79 Å². The zero-order chi connectivity index (χ0) is 13.7. The Morgan fingerprint density at radius 1 is 1.42 bits per heavy atom. The summed E-state index contributed by atoms with van der Waals surface area (Å²) in [6.07, 6.45) is 1.08. The molecule has 1 amide bonds. The predicted octanol–water partition coefficient (Wildman–Crippen LogP) is 1.80. The number of anilines is 2. The number of amides is 1. The normalized spacial score (nSPS) is 10.6. The minimum absolute atomic E-state index is 0.279. The summed E-state index contributed by atoms with van der Waals surface area (Å²) in [5, 5.41) is 9.34. The Hall–Kier alpha value is -1.89. The Bertz CT molecular complexity index is 568. The molecule has 4 N–H and O–H groups in total. The van der Waals surface area contributed by atoms with E-state index in [1.165, 1.54) is 0 Å². The molecule has 0 aliphatic rings. The topological polar surface area (TPSA) is 92.9 Å². The highest BCUT2D eigenvalue weighted by Crippen LogP contribution is 2.26. The summed E-state index contributed by atoms with van der Waals surface area (Å²) >= 11 is 1.58. The van der Waals surface area contributed by atoms with Gasteiger partial charge in [-0.25, -0.2) is 4.98 Å². The van der Waals surface area contributed by atoms with E-state index in [2.05, 4.69) is 20.6 Å².